The number of hydrogen-bond acceptors (Lipinski definition) is 5. The van der Waals surface area contributed by atoms with Crippen molar-refractivity contribution in [1.82, 2.24) is 0 Å². The number of nitro benzene ring substituents is 1. The SMILES string of the molecule is C=CC[C@H](N)c1cc([N+](=O)[O-])cc(OC)c1O.Cl. The van der Waals surface area contributed by atoms with Crippen molar-refractivity contribution < 1.29 is 14.8 Å². The number of phenols is 1. The molecule has 0 bridgehead atoms. The predicted octanol–water partition coefficient (Wildman–Crippen LogP) is 2.31. The van der Waals surface area contributed by atoms with Gasteiger partial charge in [-0.1, -0.05) is 6.08 Å². The van der Waals surface area contributed by atoms with Gasteiger partial charge in [0.2, 0.25) is 0 Å². The van der Waals surface area contributed by atoms with Crippen molar-refractivity contribution in [2.75, 3.05) is 7.11 Å². The summed E-state index contributed by atoms with van der Waals surface area (Å²) in [6.07, 6.45) is 1.98. The number of phenolic OH excluding ortho intramolecular Hbond substituents is 1. The molecular formula is C11H15ClN2O4. The van der Waals surface area contributed by atoms with E-state index in [-0.39, 0.29) is 35.2 Å². The number of hydrogen-bond donors (Lipinski definition) is 2. The first-order valence-electron chi connectivity index (χ1n) is 4.93. The summed E-state index contributed by atoms with van der Waals surface area (Å²) < 4.78 is 4.87. The second-order valence-electron chi connectivity index (χ2n) is 3.47. The summed E-state index contributed by atoms with van der Waals surface area (Å²) >= 11 is 0. The maximum absolute atomic E-state index is 10.7. The van der Waals surface area contributed by atoms with Crippen LogP contribution in [0.25, 0.3) is 0 Å². The Balaban J connectivity index is 0.00000289. The molecule has 0 radical (unpaired) electrons. The summed E-state index contributed by atoms with van der Waals surface area (Å²) in [5.74, 6) is -0.138. The Morgan fingerprint density at radius 1 is 1.67 bits per heavy atom. The van der Waals surface area contributed by atoms with E-state index in [1.165, 1.54) is 13.2 Å². The quantitative estimate of drug-likeness (QED) is 0.488. The van der Waals surface area contributed by atoms with Crippen LogP contribution < -0.4 is 10.5 Å². The van der Waals surface area contributed by atoms with Crippen LogP contribution in [0.5, 0.6) is 11.5 Å². The fourth-order valence-corrected chi connectivity index (χ4v) is 1.46. The zero-order chi connectivity index (χ0) is 13.0. The molecule has 0 aromatic heterocycles. The van der Waals surface area contributed by atoms with E-state index in [1.807, 2.05) is 0 Å². The summed E-state index contributed by atoms with van der Waals surface area (Å²) in [7, 11) is 1.32. The van der Waals surface area contributed by atoms with Crippen LogP contribution in [-0.2, 0) is 0 Å². The van der Waals surface area contributed by atoms with Crippen LogP contribution in [0.4, 0.5) is 5.69 Å². The van der Waals surface area contributed by atoms with Crippen molar-refractivity contribution in [1.29, 1.82) is 0 Å². The second kappa shape index (κ2) is 6.83. The molecule has 1 aromatic rings. The van der Waals surface area contributed by atoms with E-state index < -0.39 is 11.0 Å². The average molecular weight is 275 g/mol. The predicted molar refractivity (Wildman–Crippen MR) is 70.3 cm³/mol. The van der Waals surface area contributed by atoms with Gasteiger partial charge in [0.15, 0.2) is 11.5 Å². The van der Waals surface area contributed by atoms with Crippen molar-refractivity contribution in [2.24, 2.45) is 5.73 Å². The van der Waals surface area contributed by atoms with Gasteiger partial charge >= 0.3 is 0 Å². The number of nitro groups is 1. The fourth-order valence-electron chi connectivity index (χ4n) is 1.46. The first kappa shape index (κ1) is 16.2. The van der Waals surface area contributed by atoms with E-state index in [4.69, 9.17) is 10.5 Å². The summed E-state index contributed by atoms with van der Waals surface area (Å²) in [6, 6.07) is 1.84. The molecule has 0 heterocycles. The van der Waals surface area contributed by atoms with Crippen LogP contribution in [0.2, 0.25) is 0 Å². The molecule has 0 spiro atoms. The molecule has 3 N–H and O–H groups in total. The van der Waals surface area contributed by atoms with E-state index in [0.717, 1.165) is 6.07 Å². The van der Waals surface area contributed by atoms with E-state index in [9.17, 15) is 15.2 Å². The summed E-state index contributed by atoms with van der Waals surface area (Å²) in [5.41, 5.74) is 5.89. The van der Waals surface area contributed by atoms with Gasteiger partial charge in [0.25, 0.3) is 5.69 Å². The molecule has 1 rings (SSSR count). The van der Waals surface area contributed by atoms with Crippen molar-refractivity contribution in [3.8, 4) is 11.5 Å². The standard InChI is InChI=1S/C11H14N2O4.ClH/c1-3-4-9(12)8-5-7(13(15)16)6-10(17-2)11(8)14;/h3,5-6,9,14H,1,4,12H2,2H3;1H/t9-;/m0./s1. The van der Waals surface area contributed by atoms with E-state index in [1.54, 1.807) is 6.08 Å². The van der Waals surface area contributed by atoms with Crippen LogP contribution in [-0.4, -0.2) is 17.1 Å². The molecule has 0 saturated heterocycles. The van der Waals surface area contributed by atoms with Crippen LogP contribution in [0.3, 0.4) is 0 Å². The molecule has 6 nitrogen and oxygen atoms in total. The topological polar surface area (TPSA) is 98.6 Å². The molecule has 1 aromatic carbocycles. The zero-order valence-electron chi connectivity index (χ0n) is 9.83. The molecule has 1 atom stereocenters. The largest absolute Gasteiger partial charge is 0.504 e. The lowest BCUT2D eigenvalue weighted by Gasteiger charge is -2.13. The number of aromatic hydroxyl groups is 1. The Hall–Kier alpha value is -1.79. The lowest BCUT2D eigenvalue weighted by atomic mass is 10.0. The minimum absolute atomic E-state index is 0. The second-order valence-corrected chi connectivity index (χ2v) is 3.47. The van der Waals surface area contributed by atoms with Crippen molar-refractivity contribution in [2.45, 2.75) is 12.5 Å². The smallest absolute Gasteiger partial charge is 0.273 e. The van der Waals surface area contributed by atoms with Crippen LogP contribution in [0.1, 0.15) is 18.0 Å². The summed E-state index contributed by atoms with van der Waals surface area (Å²) in [6.45, 7) is 3.53. The highest BCUT2D eigenvalue weighted by Gasteiger charge is 2.20. The molecule has 0 fully saturated rings. The third-order valence-corrected chi connectivity index (χ3v) is 2.34. The van der Waals surface area contributed by atoms with Crippen LogP contribution in [0, 0.1) is 10.1 Å². The van der Waals surface area contributed by atoms with Gasteiger partial charge < -0.3 is 15.6 Å². The van der Waals surface area contributed by atoms with E-state index in [2.05, 4.69) is 6.58 Å². The molecule has 0 aliphatic carbocycles. The van der Waals surface area contributed by atoms with Crippen LogP contribution >= 0.6 is 12.4 Å². The monoisotopic (exact) mass is 274 g/mol. The highest BCUT2D eigenvalue weighted by atomic mass is 35.5. The van der Waals surface area contributed by atoms with E-state index >= 15 is 0 Å². The number of rotatable bonds is 5. The molecule has 0 aliphatic heterocycles. The van der Waals surface area contributed by atoms with Gasteiger partial charge in [-0.15, -0.1) is 19.0 Å². The molecule has 0 aliphatic rings. The molecule has 18 heavy (non-hydrogen) atoms. The lowest BCUT2D eigenvalue weighted by molar-refractivity contribution is -0.385. The Morgan fingerprint density at radius 3 is 2.72 bits per heavy atom. The van der Waals surface area contributed by atoms with Gasteiger partial charge in [-0.2, -0.15) is 0 Å². The van der Waals surface area contributed by atoms with Crippen molar-refractivity contribution >= 4 is 18.1 Å². The highest BCUT2D eigenvalue weighted by Crippen LogP contribution is 2.37. The summed E-state index contributed by atoms with van der Waals surface area (Å²) in [4.78, 5) is 10.2. The zero-order valence-corrected chi connectivity index (χ0v) is 10.6. The molecule has 7 heteroatoms. The summed E-state index contributed by atoms with van der Waals surface area (Å²) in [5, 5.41) is 20.6. The number of non-ortho nitro benzene ring substituents is 1. The number of halogens is 1. The first-order chi connectivity index (χ1) is 8.01. The Bertz CT molecular complexity index is 451. The molecule has 0 saturated carbocycles. The number of benzene rings is 1. The lowest BCUT2D eigenvalue weighted by Crippen LogP contribution is -2.10. The van der Waals surface area contributed by atoms with Crippen molar-refractivity contribution in [3.63, 3.8) is 0 Å². The van der Waals surface area contributed by atoms with Gasteiger partial charge in [-0.3, -0.25) is 10.1 Å². The van der Waals surface area contributed by atoms with Gasteiger partial charge in [0.05, 0.1) is 18.1 Å². The van der Waals surface area contributed by atoms with Gasteiger partial charge in [-0.25, -0.2) is 0 Å². The van der Waals surface area contributed by atoms with Crippen LogP contribution in [0.15, 0.2) is 24.8 Å². The Morgan fingerprint density at radius 2 is 2.28 bits per heavy atom. The maximum Gasteiger partial charge on any atom is 0.273 e. The van der Waals surface area contributed by atoms with Gasteiger partial charge in [0.1, 0.15) is 0 Å². The molecule has 100 valence electrons. The minimum atomic E-state index is -0.563. The van der Waals surface area contributed by atoms with Crippen molar-refractivity contribution in [3.05, 3.63) is 40.5 Å². The Kier molecular flexibility index (Phi) is 6.15. The normalized spacial score (nSPS) is 11.2. The number of ether oxygens (including phenoxy) is 1. The number of nitrogens with two attached hydrogens (primary N) is 1. The maximum atomic E-state index is 10.7. The third kappa shape index (κ3) is 3.35. The third-order valence-electron chi connectivity index (χ3n) is 2.34. The first-order valence-corrected chi connectivity index (χ1v) is 4.93. The average Bonchev–Trinajstić information content (AvgIpc) is 2.29. The number of nitrogens with zero attached hydrogens (tertiary/aromatic N) is 1. The Labute approximate surface area is 111 Å². The van der Waals surface area contributed by atoms with E-state index in [0.29, 0.717) is 6.42 Å². The molecule has 0 amide bonds. The fraction of sp³-hybridized carbons (Fsp3) is 0.273. The molecular weight excluding hydrogens is 260 g/mol. The highest BCUT2D eigenvalue weighted by molar-refractivity contribution is 5.85. The molecule has 0 unspecified atom stereocenters. The number of methoxy groups -OCH3 is 1. The minimum Gasteiger partial charge on any atom is -0.504 e. The van der Waals surface area contributed by atoms with Gasteiger partial charge in [-0.05, 0) is 6.42 Å². The van der Waals surface area contributed by atoms with Gasteiger partial charge in [0, 0.05) is 17.7 Å².